The lowest BCUT2D eigenvalue weighted by Gasteiger charge is -2.35. The average molecular weight is 276 g/mol. The van der Waals surface area contributed by atoms with Crippen LogP contribution in [0.3, 0.4) is 0 Å². The first-order valence-corrected chi connectivity index (χ1v) is 7.45. The molecule has 0 spiro atoms. The van der Waals surface area contributed by atoms with Gasteiger partial charge in [-0.3, -0.25) is 4.79 Å². The number of piperazine rings is 1. The van der Waals surface area contributed by atoms with Gasteiger partial charge in [0.25, 0.3) is 0 Å². The Bertz CT molecular complexity index is 441. The van der Waals surface area contributed by atoms with Crippen LogP contribution in [0.1, 0.15) is 32.6 Å². The molecule has 0 saturated carbocycles. The molecule has 1 aromatic heterocycles. The van der Waals surface area contributed by atoms with Gasteiger partial charge in [-0.1, -0.05) is 19.8 Å². The maximum absolute atomic E-state index is 12.1. The molecule has 20 heavy (non-hydrogen) atoms. The van der Waals surface area contributed by atoms with E-state index in [1.54, 1.807) is 6.20 Å². The first-order valence-electron chi connectivity index (χ1n) is 7.45. The summed E-state index contributed by atoms with van der Waals surface area (Å²) in [6, 6.07) is 3.71. The molecule has 1 amide bonds. The fourth-order valence-electron chi connectivity index (χ4n) is 2.53. The standard InChI is InChI=1S/C15H24N4O/c1-2-3-4-7-14(20)18-9-11-19(12-10-18)15-13(16)6-5-8-17-15/h5-6,8H,2-4,7,9-12,16H2,1H3. The number of nitrogen functional groups attached to an aromatic ring is 1. The molecule has 0 aliphatic carbocycles. The van der Waals surface area contributed by atoms with Crippen LogP contribution in [0.5, 0.6) is 0 Å². The Hall–Kier alpha value is -1.78. The molecule has 0 atom stereocenters. The van der Waals surface area contributed by atoms with Crippen molar-refractivity contribution in [3.8, 4) is 0 Å². The van der Waals surface area contributed by atoms with E-state index in [2.05, 4.69) is 16.8 Å². The summed E-state index contributed by atoms with van der Waals surface area (Å²) >= 11 is 0. The quantitative estimate of drug-likeness (QED) is 0.834. The predicted octanol–water partition coefficient (Wildman–Crippen LogP) is 1.89. The third-order valence-electron chi connectivity index (χ3n) is 3.74. The fourth-order valence-corrected chi connectivity index (χ4v) is 2.53. The van der Waals surface area contributed by atoms with Crippen LogP contribution in [0.15, 0.2) is 18.3 Å². The molecule has 5 heteroatoms. The Kier molecular flexibility index (Phi) is 5.21. The van der Waals surface area contributed by atoms with Gasteiger partial charge in [-0.15, -0.1) is 0 Å². The molecule has 0 unspecified atom stereocenters. The SMILES string of the molecule is CCCCCC(=O)N1CCN(c2ncccc2N)CC1. The van der Waals surface area contributed by atoms with Crippen molar-refractivity contribution in [1.82, 2.24) is 9.88 Å². The summed E-state index contributed by atoms with van der Waals surface area (Å²) in [6.07, 6.45) is 5.73. The van der Waals surface area contributed by atoms with Crippen molar-refractivity contribution in [3.05, 3.63) is 18.3 Å². The van der Waals surface area contributed by atoms with Crippen molar-refractivity contribution in [2.45, 2.75) is 32.6 Å². The number of hydrogen-bond donors (Lipinski definition) is 1. The number of carbonyl (C=O) groups excluding carboxylic acids is 1. The summed E-state index contributed by atoms with van der Waals surface area (Å²) in [6.45, 7) is 5.30. The zero-order valence-electron chi connectivity index (χ0n) is 12.2. The molecular weight excluding hydrogens is 252 g/mol. The van der Waals surface area contributed by atoms with E-state index in [1.165, 1.54) is 0 Å². The van der Waals surface area contributed by atoms with Gasteiger partial charge >= 0.3 is 0 Å². The molecule has 110 valence electrons. The van der Waals surface area contributed by atoms with E-state index < -0.39 is 0 Å². The molecule has 1 fully saturated rings. The van der Waals surface area contributed by atoms with Crippen LogP contribution < -0.4 is 10.6 Å². The molecule has 2 heterocycles. The van der Waals surface area contributed by atoms with E-state index in [-0.39, 0.29) is 5.91 Å². The van der Waals surface area contributed by atoms with E-state index in [0.29, 0.717) is 12.1 Å². The summed E-state index contributed by atoms with van der Waals surface area (Å²) in [5.74, 6) is 1.12. The second-order valence-electron chi connectivity index (χ2n) is 5.24. The average Bonchev–Trinajstić information content (AvgIpc) is 2.48. The monoisotopic (exact) mass is 276 g/mol. The van der Waals surface area contributed by atoms with Crippen molar-refractivity contribution >= 4 is 17.4 Å². The van der Waals surface area contributed by atoms with E-state index in [9.17, 15) is 4.79 Å². The van der Waals surface area contributed by atoms with Crippen LogP contribution in [0.25, 0.3) is 0 Å². The minimum Gasteiger partial charge on any atom is -0.396 e. The van der Waals surface area contributed by atoms with Crippen molar-refractivity contribution in [1.29, 1.82) is 0 Å². The Balaban J connectivity index is 1.83. The van der Waals surface area contributed by atoms with Gasteiger partial charge in [-0.2, -0.15) is 0 Å². The van der Waals surface area contributed by atoms with Crippen molar-refractivity contribution in [3.63, 3.8) is 0 Å². The molecule has 0 radical (unpaired) electrons. The highest BCUT2D eigenvalue weighted by Crippen LogP contribution is 2.20. The highest BCUT2D eigenvalue weighted by molar-refractivity contribution is 5.76. The van der Waals surface area contributed by atoms with Gasteiger partial charge in [-0.25, -0.2) is 4.98 Å². The smallest absolute Gasteiger partial charge is 0.222 e. The Morgan fingerprint density at radius 2 is 2.05 bits per heavy atom. The van der Waals surface area contributed by atoms with Crippen molar-refractivity contribution < 1.29 is 4.79 Å². The maximum Gasteiger partial charge on any atom is 0.222 e. The number of hydrogen-bond acceptors (Lipinski definition) is 4. The molecule has 1 saturated heterocycles. The van der Waals surface area contributed by atoms with Crippen molar-refractivity contribution in [2.24, 2.45) is 0 Å². The number of carbonyl (C=O) groups is 1. The van der Waals surface area contributed by atoms with E-state index in [0.717, 1.165) is 51.3 Å². The number of amides is 1. The lowest BCUT2D eigenvalue weighted by atomic mass is 10.2. The molecule has 1 aromatic rings. The second-order valence-corrected chi connectivity index (χ2v) is 5.24. The lowest BCUT2D eigenvalue weighted by Crippen LogP contribution is -2.49. The maximum atomic E-state index is 12.1. The number of anilines is 2. The summed E-state index contributed by atoms with van der Waals surface area (Å²) in [5, 5.41) is 0. The highest BCUT2D eigenvalue weighted by atomic mass is 16.2. The molecule has 2 N–H and O–H groups in total. The van der Waals surface area contributed by atoms with Gasteiger partial charge in [0, 0.05) is 38.8 Å². The number of pyridine rings is 1. The van der Waals surface area contributed by atoms with Crippen LogP contribution >= 0.6 is 0 Å². The fraction of sp³-hybridized carbons (Fsp3) is 0.600. The van der Waals surface area contributed by atoms with E-state index in [4.69, 9.17) is 5.73 Å². The van der Waals surface area contributed by atoms with Gasteiger partial charge in [0.1, 0.15) is 0 Å². The third kappa shape index (κ3) is 3.62. The Morgan fingerprint density at radius 3 is 2.70 bits per heavy atom. The van der Waals surface area contributed by atoms with Gasteiger partial charge < -0.3 is 15.5 Å². The number of aromatic nitrogens is 1. The number of unbranched alkanes of at least 4 members (excludes halogenated alkanes) is 2. The number of nitrogens with zero attached hydrogens (tertiary/aromatic N) is 3. The van der Waals surface area contributed by atoms with Gasteiger partial charge in [0.2, 0.25) is 5.91 Å². The van der Waals surface area contributed by atoms with Crippen LogP contribution in [-0.2, 0) is 4.79 Å². The van der Waals surface area contributed by atoms with Crippen molar-refractivity contribution in [2.75, 3.05) is 36.8 Å². The zero-order valence-corrected chi connectivity index (χ0v) is 12.2. The van der Waals surface area contributed by atoms with Gasteiger partial charge in [0.15, 0.2) is 5.82 Å². The summed E-state index contributed by atoms with van der Waals surface area (Å²) < 4.78 is 0. The first-order chi connectivity index (χ1) is 9.72. The number of rotatable bonds is 5. The van der Waals surface area contributed by atoms with Gasteiger partial charge in [-0.05, 0) is 18.6 Å². The molecule has 1 aliphatic rings. The molecule has 0 bridgehead atoms. The largest absolute Gasteiger partial charge is 0.396 e. The lowest BCUT2D eigenvalue weighted by molar-refractivity contribution is -0.131. The molecule has 5 nitrogen and oxygen atoms in total. The first kappa shape index (κ1) is 14.6. The number of nitrogens with two attached hydrogens (primary N) is 1. The normalized spacial score (nSPS) is 15.4. The topological polar surface area (TPSA) is 62.5 Å². The third-order valence-corrected chi connectivity index (χ3v) is 3.74. The predicted molar refractivity (Wildman–Crippen MR) is 81.6 cm³/mol. The minimum absolute atomic E-state index is 0.284. The van der Waals surface area contributed by atoms with Crippen LogP contribution in [-0.4, -0.2) is 42.0 Å². The van der Waals surface area contributed by atoms with Crippen LogP contribution in [0, 0.1) is 0 Å². The second kappa shape index (κ2) is 7.12. The molecular formula is C15H24N4O. The summed E-state index contributed by atoms with van der Waals surface area (Å²) in [5.41, 5.74) is 6.65. The summed E-state index contributed by atoms with van der Waals surface area (Å²) in [7, 11) is 0. The van der Waals surface area contributed by atoms with E-state index in [1.807, 2.05) is 17.0 Å². The van der Waals surface area contributed by atoms with Crippen LogP contribution in [0.2, 0.25) is 0 Å². The van der Waals surface area contributed by atoms with E-state index >= 15 is 0 Å². The van der Waals surface area contributed by atoms with Crippen LogP contribution in [0.4, 0.5) is 11.5 Å². The molecule has 2 rings (SSSR count). The zero-order chi connectivity index (χ0) is 14.4. The summed E-state index contributed by atoms with van der Waals surface area (Å²) in [4.78, 5) is 20.5. The van der Waals surface area contributed by atoms with Gasteiger partial charge in [0.05, 0.1) is 5.69 Å². The highest BCUT2D eigenvalue weighted by Gasteiger charge is 2.22. The Morgan fingerprint density at radius 1 is 1.30 bits per heavy atom. The Labute approximate surface area is 120 Å². The minimum atomic E-state index is 0.284. The molecule has 0 aromatic carbocycles. The molecule has 1 aliphatic heterocycles.